The van der Waals surface area contributed by atoms with Crippen LogP contribution in [0.25, 0.3) is 0 Å². The quantitative estimate of drug-likeness (QED) is 0.675. The molecule has 0 fully saturated rings. The highest BCUT2D eigenvalue weighted by Crippen LogP contribution is 2.22. The number of aryl methyl sites for hydroxylation is 1. The van der Waals surface area contributed by atoms with Crippen molar-refractivity contribution in [3.63, 3.8) is 0 Å². The highest BCUT2D eigenvalue weighted by atomic mass is 32.2. The van der Waals surface area contributed by atoms with Gasteiger partial charge < -0.3 is 5.73 Å². The molecule has 0 radical (unpaired) electrons. The van der Waals surface area contributed by atoms with E-state index in [1.165, 1.54) is 0 Å². The van der Waals surface area contributed by atoms with Crippen LogP contribution in [0.3, 0.4) is 0 Å². The zero-order valence-corrected chi connectivity index (χ0v) is 8.84. The fourth-order valence-corrected chi connectivity index (χ4v) is 3.27. The molecule has 0 amide bonds. The number of nitrogens with zero attached hydrogens (tertiary/aromatic N) is 2. The molecule has 0 aromatic carbocycles. The van der Waals surface area contributed by atoms with E-state index in [-0.39, 0.29) is 11.5 Å². The molecule has 0 saturated carbocycles. The molecule has 1 aliphatic rings. The number of rotatable bonds is 1. The van der Waals surface area contributed by atoms with Gasteiger partial charge in [0.15, 0.2) is 9.84 Å². The minimum absolute atomic E-state index is 0.103. The molecule has 2 rings (SSSR count). The summed E-state index contributed by atoms with van der Waals surface area (Å²) in [5, 5.41) is 4.20. The Hall–Kier alpha value is -0.880. The molecule has 2 N–H and O–H groups in total. The van der Waals surface area contributed by atoms with E-state index in [1.54, 1.807) is 11.7 Å². The lowest BCUT2D eigenvalue weighted by molar-refractivity contribution is 0.587. The first-order chi connectivity index (χ1) is 6.53. The average Bonchev–Trinajstić information content (AvgIpc) is 2.41. The van der Waals surface area contributed by atoms with Gasteiger partial charge in [0.05, 0.1) is 22.9 Å². The van der Waals surface area contributed by atoms with Crippen LogP contribution in [0.4, 0.5) is 0 Å². The fourth-order valence-electron chi connectivity index (χ4n) is 1.83. The maximum atomic E-state index is 11.4. The van der Waals surface area contributed by atoms with Crippen molar-refractivity contribution in [2.75, 3.05) is 5.75 Å². The van der Waals surface area contributed by atoms with Crippen molar-refractivity contribution < 1.29 is 8.42 Å². The number of sulfone groups is 1. The van der Waals surface area contributed by atoms with Crippen molar-refractivity contribution >= 4 is 9.84 Å². The van der Waals surface area contributed by atoms with Gasteiger partial charge in [-0.25, -0.2) is 8.42 Å². The molecule has 0 bridgehead atoms. The van der Waals surface area contributed by atoms with Crippen molar-refractivity contribution in [2.45, 2.75) is 18.7 Å². The van der Waals surface area contributed by atoms with Crippen molar-refractivity contribution in [2.24, 2.45) is 12.8 Å². The van der Waals surface area contributed by atoms with E-state index >= 15 is 0 Å². The molecule has 0 aliphatic carbocycles. The van der Waals surface area contributed by atoms with E-state index in [9.17, 15) is 8.42 Å². The molecule has 2 heterocycles. The Morgan fingerprint density at radius 2 is 2.29 bits per heavy atom. The van der Waals surface area contributed by atoms with Gasteiger partial charge in [0.1, 0.15) is 0 Å². The molecule has 0 spiro atoms. The third-order valence-corrected chi connectivity index (χ3v) is 4.11. The maximum Gasteiger partial charge on any atom is 0.156 e. The van der Waals surface area contributed by atoms with Gasteiger partial charge in [0.25, 0.3) is 0 Å². The third kappa shape index (κ3) is 1.44. The highest BCUT2D eigenvalue weighted by molar-refractivity contribution is 7.90. The van der Waals surface area contributed by atoms with E-state index in [1.807, 2.05) is 0 Å². The van der Waals surface area contributed by atoms with Gasteiger partial charge in [0.2, 0.25) is 0 Å². The molecule has 6 heteroatoms. The van der Waals surface area contributed by atoms with Crippen LogP contribution in [0.15, 0.2) is 0 Å². The summed E-state index contributed by atoms with van der Waals surface area (Å²) in [5.74, 6) is 0.324. The largest absolute Gasteiger partial charge is 0.325 e. The summed E-state index contributed by atoms with van der Waals surface area (Å²) in [4.78, 5) is 0. The number of fused-ring (bicyclic) bond motifs is 1. The van der Waals surface area contributed by atoms with Gasteiger partial charge in [-0.1, -0.05) is 0 Å². The predicted octanol–water partition coefficient (Wildman–Crippen LogP) is -0.650. The van der Waals surface area contributed by atoms with Crippen LogP contribution in [0.2, 0.25) is 0 Å². The summed E-state index contributed by atoms with van der Waals surface area (Å²) in [5.41, 5.74) is 8.20. The van der Waals surface area contributed by atoms with Gasteiger partial charge >= 0.3 is 0 Å². The minimum Gasteiger partial charge on any atom is -0.325 e. The smallest absolute Gasteiger partial charge is 0.156 e. The molecule has 0 atom stereocenters. The standard InChI is InChI=1S/C8H13N3O2S/c1-11-8-5-14(12,13)3-2-6(8)7(4-9)10-11/h2-5,9H2,1H3. The summed E-state index contributed by atoms with van der Waals surface area (Å²) >= 11 is 0. The predicted molar refractivity (Wildman–Crippen MR) is 52.3 cm³/mol. The van der Waals surface area contributed by atoms with Crippen molar-refractivity contribution in [1.82, 2.24) is 9.78 Å². The molecular formula is C8H13N3O2S. The minimum atomic E-state index is -2.92. The summed E-state index contributed by atoms with van der Waals surface area (Å²) < 4.78 is 24.4. The Morgan fingerprint density at radius 1 is 1.57 bits per heavy atom. The summed E-state index contributed by atoms with van der Waals surface area (Å²) in [6, 6.07) is 0. The first-order valence-corrected chi connectivity index (χ1v) is 6.30. The molecule has 1 aromatic rings. The normalized spacial score (nSPS) is 19.3. The van der Waals surface area contributed by atoms with Crippen LogP contribution < -0.4 is 5.73 Å². The molecule has 78 valence electrons. The Kier molecular flexibility index (Phi) is 2.11. The second-order valence-corrected chi connectivity index (χ2v) is 5.73. The first-order valence-electron chi connectivity index (χ1n) is 4.47. The third-order valence-electron chi connectivity index (χ3n) is 2.57. The monoisotopic (exact) mass is 215 g/mol. The van der Waals surface area contributed by atoms with Crippen LogP contribution in [0.5, 0.6) is 0 Å². The number of hydrogen-bond donors (Lipinski definition) is 1. The SMILES string of the molecule is Cn1nc(CN)c2c1CS(=O)(=O)CC2. The van der Waals surface area contributed by atoms with Gasteiger partial charge in [-0.05, 0) is 12.0 Å². The maximum absolute atomic E-state index is 11.4. The second kappa shape index (κ2) is 3.06. The van der Waals surface area contributed by atoms with E-state index in [0.29, 0.717) is 13.0 Å². The van der Waals surface area contributed by atoms with Crippen LogP contribution >= 0.6 is 0 Å². The summed E-state index contributed by atoms with van der Waals surface area (Å²) in [6.07, 6.45) is 0.554. The van der Waals surface area contributed by atoms with Crippen molar-refractivity contribution in [3.05, 3.63) is 17.0 Å². The summed E-state index contributed by atoms with van der Waals surface area (Å²) in [7, 11) is -1.15. The van der Waals surface area contributed by atoms with Gasteiger partial charge in [0, 0.05) is 13.6 Å². The van der Waals surface area contributed by atoms with Crippen molar-refractivity contribution in [1.29, 1.82) is 0 Å². The Morgan fingerprint density at radius 3 is 2.93 bits per heavy atom. The second-order valence-electron chi connectivity index (χ2n) is 3.54. The van der Waals surface area contributed by atoms with Crippen molar-refractivity contribution in [3.8, 4) is 0 Å². The molecule has 0 unspecified atom stereocenters. The zero-order valence-electron chi connectivity index (χ0n) is 8.02. The zero-order chi connectivity index (χ0) is 10.3. The Bertz CT molecular complexity index is 461. The topological polar surface area (TPSA) is 78.0 Å². The molecule has 1 aromatic heterocycles. The lowest BCUT2D eigenvalue weighted by Gasteiger charge is -2.13. The lowest BCUT2D eigenvalue weighted by Crippen LogP contribution is -2.20. The van der Waals surface area contributed by atoms with Crippen LogP contribution in [0, 0.1) is 0 Å². The molecule has 0 saturated heterocycles. The van der Waals surface area contributed by atoms with Gasteiger partial charge in [-0.15, -0.1) is 0 Å². The van der Waals surface area contributed by atoms with E-state index in [0.717, 1.165) is 17.0 Å². The molecule has 14 heavy (non-hydrogen) atoms. The average molecular weight is 215 g/mol. The summed E-state index contributed by atoms with van der Waals surface area (Å²) in [6.45, 7) is 0.378. The number of aromatic nitrogens is 2. The van der Waals surface area contributed by atoms with Crippen LogP contribution in [-0.2, 0) is 35.6 Å². The Labute approximate surface area is 82.8 Å². The lowest BCUT2D eigenvalue weighted by atomic mass is 10.1. The van der Waals surface area contributed by atoms with Gasteiger partial charge in [-0.2, -0.15) is 5.10 Å². The van der Waals surface area contributed by atoms with E-state index in [4.69, 9.17) is 5.73 Å². The highest BCUT2D eigenvalue weighted by Gasteiger charge is 2.26. The van der Waals surface area contributed by atoms with Crippen LogP contribution in [0.1, 0.15) is 17.0 Å². The number of nitrogens with two attached hydrogens (primary N) is 1. The Balaban J connectivity index is 2.53. The van der Waals surface area contributed by atoms with Gasteiger partial charge in [-0.3, -0.25) is 4.68 Å². The van der Waals surface area contributed by atoms with E-state index in [2.05, 4.69) is 5.10 Å². The molecule has 5 nitrogen and oxygen atoms in total. The molecule has 1 aliphatic heterocycles. The van der Waals surface area contributed by atoms with E-state index < -0.39 is 9.84 Å². The number of hydrogen-bond acceptors (Lipinski definition) is 4. The first kappa shape index (κ1) is 9.67. The van der Waals surface area contributed by atoms with Crippen LogP contribution in [-0.4, -0.2) is 24.0 Å². The molecular weight excluding hydrogens is 202 g/mol. The fraction of sp³-hybridized carbons (Fsp3) is 0.625.